The van der Waals surface area contributed by atoms with Crippen LogP contribution in [0.2, 0.25) is 5.02 Å². The number of benzene rings is 1. The Kier molecular flexibility index (Phi) is 2.71. The van der Waals surface area contributed by atoms with Gasteiger partial charge in [-0.2, -0.15) is 0 Å². The maximum absolute atomic E-state index is 11.8. The van der Waals surface area contributed by atoms with Crippen molar-refractivity contribution in [3.8, 4) is 0 Å². The lowest BCUT2D eigenvalue weighted by molar-refractivity contribution is -0.117. The van der Waals surface area contributed by atoms with E-state index in [0.29, 0.717) is 21.7 Å². The summed E-state index contributed by atoms with van der Waals surface area (Å²) in [5.41, 5.74) is 6.02. The summed E-state index contributed by atoms with van der Waals surface area (Å²) in [7, 11) is 0. The van der Waals surface area contributed by atoms with Gasteiger partial charge in [0.05, 0.1) is 0 Å². The number of carbonyl (C=O) groups excluding carboxylic acids is 2. The van der Waals surface area contributed by atoms with Crippen molar-refractivity contribution in [1.29, 1.82) is 0 Å². The summed E-state index contributed by atoms with van der Waals surface area (Å²) >= 11 is 5.86. The van der Waals surface area contributed by atoms with E-state index in [1.54, 1.807) is 18.2 Å². The fraction of sp³-hybridized carbons (Fsp3) is 0.231. The molecule has 19 heavy (non-hydrogen) atoms. The van der Waals surface area contributed by atoms with Gasteiger partial charge in [-0.3, -0.25) is 9.59 Å². The van der Waals surface area contributed by atoms with Gasteiger partial charge in [0.1, 0.15) is 11.3 Å². The van der Waals surface area contributed by atoms with Gasteiger partial charge in [-0.05, 0) is 25.0 Å². The molecule has 1 aliphatic rings. The van der Waals surface area contributed by atoms with E-state index in [1.165, 1.54) is 0 Å². The number of hydrogen-bond donors (Lipinski definition) is 2. The molecule has 3 N–H and O–H groups in total. The van der Waals surface area contributed by atoms with E-state index in [-0.39, 0.29) is 17.6 Å². The van der Waals surface area contributed by atoms with Gasteiger partial charge in [-0.15, -0.1) is 0 Å². The summed E-state index contributed by atoms with van der Waals surface area (Å²) in [5, 5.41) is 3.82. The Morgan fingerprint density at radius 2 is 2.11 bits per heavy atom. The van der Waals surface area contributed by atoms with Crippen molar-refractivity contribution in [2.45, 2.75) is 12.8 Å². The molecule has 98 valence electrons. The molecule has 0 saturated heterocycles. The van der Waals surface area contributed by atoms with Crippen LogP contribution in [0.25, 0.3) is 11.0 Å². The van der Waals surface area contributed by atoms with E-state index >= 15 is 0 Å². The van der Waals surface area contributed by atoms with Gasteiger partial charge in [0.15, 0.2) is 0 Å². The number of hydrogen-bond acceptors (Lipinski definition) is 3. The first-order valence-corrected chi connectivity index (χ1v) is 6.27. The summed E-state index contributed by atoms with van der Waals surface area (Å²) in [6.45, 7) is 0. The number of carbonyl (C=O) groups is 2. The molecule has 0 radical (unpaired) electrons. The van der Waals surface area contributed by atoms with Crippen molar-refractivity contribution in [3.63, 3.8) is 0 Å². The number of nitrogens with one attached hydrogen (secondary N) is 1. The fourth-order valence-corrected chi connectivity index (χ4v) is 2.10. The van der Waals surface area contributed by atoms with E-state index in [1.807, 2.05) is 0 Å². The lowest BCUT2D eigenvalue weighted by Gasteiger charge is -2.03. The van der Waals surface area contributed by atoms with Gasteiger partial charge in [0.25, 0.3) is 5.91 Å². The van der Waals surface area contributed by atoms with Crippen molar-refractivity contribution in [1.82, 2.24) is 0 Å². The SMILES string of the molecule is NC(=O)c1oc2cc(Cl)ccc2c1NC(=O)C1CC1. The Morgan fingerprint density at radius 1 is 1.37 bits per heavy atom. The first kappa shape index (κ1) is 12.0. The largest absolute Gasteiger partial charge is 0.449 e. The van der Waals surface area contributed by atoms with Crippen LogP contribution in [-0.4, -0.2) is 11.8 Å². The van der Waals surface area contributed by atoms with Crippen LogP contribution in [0.4, 0.5) is 5.69 Å². The number of furan rings is 1. The minimum atomic E-state index is -0.724. The van der Waals surface area contributed by atoms with Crippen LogP contribution in [0, 0.1) is 5.92 Å². The van der Waals surface area contributed by atoms with Gasteiger partial charge >= 0.3 is 0 Å². The fourth-order valence-electron chi connectivity index (χ4n) is 1.94. The lowest BCUT2D eigenvalue weighted by Crippen LogP contribution is -2.17. The third-order valence-corrected chi connectivity index (χ3v) is 3.31. The predicted molar refractivity (Wildman–Crippen MR) is 71.1 cm³/mol. The zero-order valence-corrected chi connectivity index (χ0v) is 10.7. The minimum absolute atomic E-state index is 0.0259. The Hall–Kier alpha value is -2.01. The first-order chi connectivity index (χ1) is 9.06. The second kappa shape index (κ2) is 4.28. The molecule has 2 aromatic rings. The van der Waals surface area contributed by atoms with Gasteiger partial charge in [0.2, 0.25) is 11.7 Å². The highest BCUT2D eigenvalue weighted by Gasteiger charge is 2.31. The van der Waals surface area contributed by atoms with E-state index in [9.17, 15) is 9.59 Å². The van der Waals surface area contributed by atoms with Crippen molar-refractivity contribution in [2.75, 3.05) is 5.32 Å². The van der Waals surface area contributed by atoms with Gasteiger partial charge < -0.3 is 15.5 Å². The molecular weight excluding hydrogens is 268 g/mol. The van der Waals surface area contributed by atoms with Crippen molar-refractivity contribution < 1.29 is 14.0 Å². The van der Waals surface area contributed by atoms with Crippen LogP contribution in [0.5, 0.6) is 0 Å². The highest BCUT2D eigenvalue weighted by atomic mass is 35.5. The quantitative estimate of drug-likeness (QED) is 0.904. The predicted octanol–water partition coefficient (Wildman–Crippen LogP) is 2.53. The monoisotopic (exact) mass is 278 g/mol. The molecule has 0 bridgehead atoms. The second-order valence-electron chi connectivity index (χ2n) is 4.57. The van der Waals surface area contributed by atoms with Gasteiger partial charge in [-0.25, -0.2) is 0 Å². The molecule has 0 atom stereocenters. The van der Waals surface area contributed by atoms with Gasteiger partial charge in [0, 0.05) is 22.4 Å². The molecule has 1 aliphatic carbocycles. The molecule has 1 aromatic carbocycles. The lowest BCUT2D eigenvalue weighted by atomic mass is 10.2. The zero-order chi connectivity index (χ0) is 13.6. The van der Waals surface area contributed by atoms with Gasteiger partial charge in [-0.1, -0.05) is 11.6 Å². The van der Waals surface area contributed by atoms with Crippen LogP contribution in [0.3, 0.4) is 0 Å². The molecule has 5 nitrogen and oxygen atoms in total. The van der Waals surface area contributed by atoms with E-state index < -0.39 is 5.91 Å². The number of nitrogens with two attached hydrogens (primary N) is 1. The Morgan fingerprint density at radius 3 is 2.74 bits per heavy atom. The minimum Gasteiger partial charge on any atom is -0.449 e. The number of primary amides is 1. The average molecular weight is 279 g/mol. The maximum Gasteiger partial charge on any atom is 0.286 e. The maximum atomic E-state index is 11.8. The van der Waals surface area contributed by atoms with E-state index in [4.69, 9.17) is 21.8 Å². The Labute approximate surface area is 113 Å². The molecule has 1 heterocycles. The second-order valence-corrected chi connectivity index (χ2v) is 5.01. The van der Waals surface area contributed by atoms with Crippen molar-refractivity contribution in [2.24, 2.45) is 11.7 Å². The summed E-state index contributed by atoms with van der Waals surface area (Å²) in [6, 6.07) is 4.93. The normalized spacial score (nSPS) is 14.6. The third kappa shape index (κ3) is 2.17. The number of anilines is 1. The van der Waals surface area contributed by atoms with Crippen LogP contribution in [-0.2, 0) is 4.79 Å². The average Bonchev–Trinajstić information content (AvgIpc) is 3.13. The molecule has 1 fully saturated rings. The zero-order valence-electron chi connectivity index (χ0n) is 9.90. The molecule has 0 unspecified atom stereocenters. The van der Waals surface area contributed by atoms with E-state index in [0.717, 1.165) is 12.8 Å². The first-order valence-electron chi connectivity index (χ1n) is 5.89. The molecular formula is C13H11ClN2O3. The Balaban J connectivity index is 2.10. The molecule has 6 heteroatoms. The molecule has 3 rings (SSSR count). The molecule has 0 aliphatic heterocycles. The molecule has 2 amide bonds. The van der Waals surface area contributed by atoms with Crippen LogP contribution in [0.1, 0.15) is 23.4 Å². The highest BCUT2D eigenvalue weighted by molar-refractivity contribution is 6.31. The third-order valence-electron chi connectivity index (χ3n) is 3.07. The molecule has 1 aromatic heterocycles. The highest BCUT2D eigenvalue weighted by Crippen LogP contribution is 2.35. The number of amides is 2. The molecule has 1 saturated carbocycles. The van der Waals surface area contributed by atoms with Crippen LogP contribution in [0.15, 0.2) is 22.6 Å². The Bertz CT molecular complexity index is 688. The number of halogens is 1. The van der Waals surface area contributed by atoms with Crippen molar-refractivity contribution in [3.05, 3.63) is 29.0 Å². The number of fused-ring (bicyclic) bond motifs is 1. The summed E-state index contributed by atoms with van der Waals surface area (Å²) in [5.74, 6) is -0.859. The van der Waals surface area contributed by atoms with Crippen LogP contribution < -0.4 is 11.1 Å². The molecule has 0 spiro atoms. The van der Waals surface area contributed by atoms with Crippen molar-refractivity contribution >= 4 is 40.1 Å². The summed E-state index contributed by atoms with van der Waals surface area (Å²) in [4.78, 5) is 23.2. The van der Waals surface area contributed by atoms with E-state index in [2.05, 4.69) is 5.32 Å². The summed E-state index contributed by atoms with van der Waals surface area (Å²) in [6.07, 6.45) is 1.75. The topological polar surface area (TPSA) is 85.3 Å². The standard InChI is InChI=1S/C13H11ClN2O3/c14-7-3-4-8-9(5-7)19-11(12(15)17)10(8)16-13(18)6-1-2-6/h3-6H,1-2H2,(H2,15,17)(H,16,18). The smallest absolute Gasteiger partial charge is 0.286 e. The number of rotatable bonds is 3. The van der Waals surface area contributed by atoms with Crippen LogP contribution >= 0.6 is 11.6 Å². The summed E-state index contributed by atoms with van der Waals surface area (Å²) < 4.78 is 5.37.